The van der Waals surface area contributed by atoms with E-state index in [0.717, 1.165) is 24.6 Å². The number of aromatic nitrogens is 2. The molecule has 4 nitrogen and oxygen atoms in total. The number of fused-ring (bicyclic) bond motifs is 1. The maximum Gasteiger partial charge on any atom is 0.261 e. The molecule has 0 bridgehead atoms. The molecule has 104 valence electrons. The summed E-state index contributed by atoms with van der Waals surface area (Å²) in [4.78, 5) is 17.0. The van der Waals surface area contributed by atoms with Gasteiger partial charge in [0.15, 0.2) is 0 Å². The molecule has 2 aromatic rings. The summed E-state index contributed by atoms with van der Waals surface area (Å²) >= 11 is 7.03. The largest absolute Gasteiger partial charge is 0.295 e. The zero-order chi connectivity index (χ0) is 14.5. The second kappa shape index (κ2) is 6.78. The molecule has 0 N–H and O–H groups in total. The zero-order valence-electron chi connectivity index (χ0n) is 11.1. The van der Waals surface area contributed by atoms with Gasteiger partial charge in [0.25, 0.3) is 5.56 Å². The third-order valence-electron chi connectivity index (χ3n) is 3.00. The molecule has 1 aromatic heterocycles. The van der Waals surface area contributed by atoms with Crippen LogP contribution in [0.2, 0.25) is 5.02 Å². The molecule has 1 heterocycles. The summed E-state index contributed by atoms with van der Waals surface area (Å²) in [5, 5.41) is 11.8. The van der Waals surface area contributed by atoms with E-state index >= 15 is 0 Å². The number of nitrogens with zero attached hydrogens (tertiary/aromatic N) is 3. The number of benzene rings is 1. The van der Waals surface area contributed by atoms with Crippen LogP contribution in [0.4, 0.5) is 0 Å². The van der Waals surface area contributed by atoms with Gasteiger partial charge in [0.05, 0.1) is 16.7 Å². The van der Waals surface area contributed by atoms with Crippen LogP contribution < -0.4 is 5.56 Å². The monoisotopic (exact) mass is 307 g/mol. The standard InChI is InChI=1S/C14H14ClN3OS/c1-2-3-6-18-13(8-20-9-16)17-12-5-4-10(15)7-11(12)14(18)19/h4-5,7H,2-3,6,8H2,1H3. The summed E-state index contributed by atoms with van der Waals surface area (Å²) in [5.74, 6) is 1.05. The molecule has 6 heteroatoms. The van der Waals surface area contributed by atoms with Gasteiger partial charge in [-0.25, -0.2) is 4.98 Å². The lowest BCUT2D eigenvalue weighted by molar-refractivity contribution is 0.589. The van der Waals surface area contributed by atoms with Gasteiger partial charge in [-0.2, -0.15) is 5.26 Å². The summed E-state index contributed by atoms with van der Waals surface area (Å²) in [6.45, 7) is 2.69. The Labute approximate surface area is 126 Å². The second-order valence-corrected chi connectivity index (χ2v) is 5.58. The Morgan fingerprint density at radius 2 is 2.30 bits per heavy atom. The normalized spacial score (nSPS) is 10.7. The molecule has 0 saturated heterocycles. The van der Waals surface area contributed by atoms with Gasteiger partial charge in [-0.3, -0.25) is 9.36 Å². The van der Waals surface area contributed by atoms with Crippen LogP contribution in [0.25, 0.3) is 10.9 Å². The predicted molar refractivity (Wildman–Crippen MR) is 82.8 cm³/mol. The van der Waals surface area contributed by atoms with Crippen LogP contribution in [0.15, 0.2) is 23.0 Å². The van der Waals surface area contributed by atoms with E-state index in [0.29, 0.717) is 34.0 Å². The number of rotatable bonds is 5. The fourth-order valence-electron chi connectivity index (χ4n) is 1.99. The average Bonchev–Trinajstić information content (AvgIpc) is 2.45. The summed E-state index contributed by atoms with van der Waals surface area (Å²) in [6.07, 6.45) is 1.89. The van der Waals surface area contributed by atoms with E-state index in [2.05, 4.69) is 11.9 Å². The van der Waals surface area contributed by atoms with E-state index in [4.69, 9.17) is 16.9 Å². The molecule has 1 aromatic carbocycles. The number of thioether (sulfide) groups is 1. The first kappa shape index (κ1) is 14.9. The maximum absolute atomic E-state index is 12.5. The molecule has 0 unspecified atom stereocenters. The van der Waals surface area contributed by atoms with Gasteiger partial charge in [-0.05, 0) is 36.4 Å². The quantitative estimate of drug-likeness (QED) is 0.792. The van der Waals surface area contributed by atoms with Crippen LogP contribution in [0.5, 0.6) is 0 Å². The Balaban J connectivity index is 2.60. The van der Waals surface area contributed by atoms with Crippen molar-refractivity contribution in [1.82, 2.24) is 9.55 Å². The number of unbranched alkanes of at least 4 members (excludes halogenated alkanes) is 1. The van der Waals surface area contributed by atoms with Gasteiger partial charge in [-0.1, -0.05) is 24.9 Å². The predicted octanol–water partition coefficient (Wildman–Crippen LogP) is 3.56. The van der Waals surface area contributed by atoms with E-state index in [1.165, 1.54) is 0 Å². The number of nitriles is 1. The Morgan fingerprint density at radius 1 is 1.50 bits per heavy atom. The summed E-state index contributed by atoms with van der Waals surface area (Å²) in [6, 6.07) is 5.10. The van der Waals surface area contributed by atoms with Crippen molar-refractivity contribution in [1.29, 1.82) is 5.26 Å². The fraction of sp³-hybridized carbons (Fsp3) is 0.357. The minimum atomic E-state index is -0.0838. The molecule has 0 amide bonds. The van der Waals surface area contributed by atoms with E-state index in [1.54, 1.807) is 22.8 Å². The lowest BCUT2D eigenvalue weighted by Gasteiger charge is -2.12. The third kappa shape index (κ3) is 3.14. The van der Waals surface area contributed by atoms with Crippen LogP contribution in [0, 0.1) is 10.7 Å². The SMILES string of the molecule is CCCCn1c(CSC#N)nc2ccc(Cl)cc2c1=O. The van der Waals surface area contributed by atoms with Crippen LogP contribution in [-0.2, 0) is 12.3 Å². The smallest absolute Gasteiger partial charge is 0.261 e. The second-order valence-electron chi connectivity index (χ2n) is 4.38. The number of hydrogen-bond acceptors (Lipinski definition) is 4. The lowest BCUT2D eigenvalue weighted by atomic mass is 10.2. The summed E-state index contributed by atoms with van der Waals surface area (Å²) in [7, 11) is 0. The highest BCUT2D eigenvalue weighted by Crippen LogP contribution is 2.17. The Bertz CT molecular complexity index is 721. The van der Waals surface area contributed by atoms with Crippen molar-refractivity contribution in [2.75, 3.05) is 0 Å². The topological polar surface area (TPSA) is 58.7 Å². The van der Waals surface area contributed by atoms with Gasteiger partial charge >= 0.3 is 0 Å². The minimum absolute atomic E-state index is 0.0838. The van der Waals surface area contributed by atoms with Crippen LogP contribution in [0.1, 0.15) is 25.6 Å². The van der Waals surface area contributed by atoms with Crippen molar-refractivity contribution in [3.63, 3.8) is 0 Å². The van der Waals surface area contributed by atoms with Gasteiger partial charge in [0, 0.05) is 11.6 Å². The van der Waals surface area contributed by atoms with E-state index in [9.17, 15) is 4.79 Å². The maximum atomic E-state index is 12.5. The Hall–Kier alpha value is -1.51. The van der Waals surface area contributed by atoms with Gasteiger partial charge < -0.3 is 0 Å². The van der Waals surface area contributed by atoms with Crippen LogP contribution in [-0.4, -0.2) is 9.55 Å². The minimum Gasteiger partial charge on any atom is -0.295 e. The molecule has 0 aliphatic heterocycles. The first-order chi connectivity index (χ1) is 9.67. The highest BCUT2D eigenvalue weighted by atomic mass is 35.5. The van der Waals surface area contributed by atoms with Crippen molar-refractivity contribution < 1.29 is 0 Å². The molecule has 0 fully saturated rings. The highest BCUT2D eigenvalue weighted by molar-refractivity contribution is 8.02. The van der Waals surface area contributed by atoms with Crippen LogP contribution >= 0.6 is 23.4 Å². The van der Waals surface area contributed by atoms with Crippen LogP contribution in [0.3, 0.4) is 0 Å². The van der Waals surface area contributed by atoms with E-state index < -0.39 is 0 Å². The lowest BCUT2D eigenvalue weighted by Crippen LogP contribution is -2.25. The molecule has 0 aliphatic carbocycles. The zero-order valence-corrected chi connectivity index (χ0v) is 12.7. The molecular formula is C14H14ClN3OS. The van der Waals surface area contributed by atoms with Crippen molar-refractivity contribution in [3.05, 3.63) is 39.4 Å². The van der Waals surface area contributed by atoms with Gasteiger partial charge in [0.2, 0.25) is 0 Å². The molecule has 20 heavy (non-hydrogen) atoms. The number of halogens is 1. The summed E-state index contributed by atoms with van der Waals surface area (Å²) in [5.41, 5.74) is 0.542. The van der Waals surface area contributed by atoms with E-state index in [1.807, 2.05) is 5.40 Å². The molecule has 0 aliphatic rings. The number of hydrogen-bond donors (Lipinski definition) is 0. The third-order valence-corrected chi connectivity index (χ3v) is 3.76. The fourth-order valence-corrected chi connectivity index (χ4v) is 2.58. The molecule has 0 atom stereocenters. The molecule has 0 saturated carbocycles. The molecule has 2 rings (SSSR count). The van der Waals surface area contributed by atoms with Gasteiger partial charge in [0.1, 0.15) is 11.2 Å². The molecule has 0 spiro atoms. The highest BCUT2D eigenvalue weighted by Gasteiger charge is 2.11. The van der Waals surface area contributed by atoms with Gasteiger partial charge in [-0.15, -0.1) is 0 Å². The van der Waals surface area contributed by atoms with Crippen molar-refractivity contribution in [3.8, 4) is 5.40 Å². The number of thiocyanates is 1. The molecule has 0 radical (unpaired) electrons. The Morgan fingerprint density at radius 3 is 3.00 bits per heavy atom. The Kier molecular flexibility index (Phi) is 5.05. The first-order valence-electron chi connectivity index (χ1n) is 6.37. The average molecular weight is 308 g/mol. The first-order valence-corrected chi connectivity index (χ1v) is 7.73. The van der Waals surface area contributed by atoms with Crippen molar-refractivity contribution >= 4 is 34.3 Å². The summed E-state index contributed by atoms with van der Waals surface area (Å²) < 4.78 is 1.66. The molecular weight excluding hydrogens is 294 g/mol. The van der Waals surface area contributed by atoms with Crippen molar-refractivity contribution in [2.45, 2.75) is 32.1 Å². The van der Waals surface area contributed by atoms with Crippen molar-refractivity contribution in [2.24, 2.45) is 0 Å². The van der Waals surface area contributed by atoms with E-state index in [-0.39, 0.29) is 5.56 Å².